The molecule has 1 heterocycles. The summed E-state index contributed by atoms with van der Waals surface area (Å²) in [6.07, 6.45) is -0.965. The fourth-order valence-corrected chi connectivity index (χ4v) is 2.51. The second kappa shape index (κ2) is 8.43. The number of carbonyl (C=O) groups is 3. The number of imide groups is 1. The molecule has 0 aliphatic carbocycles. The van der Waals surface area contributed by atoms with Crippen molar-refractivity contribution in [3.8, 4) is 11.5 Å². The van der Waals surface area contributed by atoms with Gasteiger partial charge >= 0.3 is 5.97 Å². The smallest absolute Gasteiger partial charge is 0.338 e. The van der Waals surface area contributed by atoms with Gasteiger partial charge in [-0.2, -0.15) is 0 Å². The maximum atomic E-state index is 12.2. The first-order chi connectivity index (χ1) is 13.4. The van der Waals surface area contributed by atoms with Gasteiger partial charge < -0.3 is 19.1 Å². The van der Waals surface area contributed by atoms with Crippen molar-refractivity contribution in [2.24, 2.45) is 0 Å². The molecule has 2 aromatic carbocycles. The van der Waals surface area contributed by atoms with Crippen LogP contribution in [0.1, 0.15) is 10.4 Å². The molecule has 0 bridgehead atoms. The lowest BCUT2D eigenvalue weighted by molar-refractivity contribution is -0.137. The lowest BCUT2D eigenvalue weighted by Gasteiger charge is -2.25. The molecular formula is C20H20N2O6. The number of para-hydroxylation sites is 2. The SMILES string of the molecule is CN(C)c1ccc(C(=O)OCC(=O)NC(=O)[C@H]2COc3ccccc3O2)cc1. The van der Waals surface area contributed by atoms with E-state index in [0.717, 1.165) is 5.69 Å². The van der Waals surface area contributed by atoms with Crippen molar-refractivity contribution in [1.82, 2.24) is 5.32 Å². The number of anilines is 1. The minimum Gasteiger partial charge on any atom is -0.485 e. The van der Waals surface area contributed by atoms with Gasteiger partial charge in [-0.3, -0.25) is 14.9 Å². The van der Waals surface area contributed by atoms with Crippen LogP contribution in [0.5, 0.6) is 11.5 Å². The van der Waals surface area contributed by atoms with Crippen molar-refractivity contribution >= 4 is 23.5 Å². The summed E-state index contributed by atoms with van der Waals surface area (Å²) in [4.78, 5) is 38.0. The van der Waals surface area contributed by atoms with Crippen molar-refractivity contribution in [2.45, 2.75) is 6.10 Å². The zero-order valence-electron chi connectivity index (χ0n) is 15.5. The number of carbonyl (C=O) groups excluding carboxylic acids is 3. The Morgan fingerprint density at radius 1 is 1.07 bits per heavy atom. The molecule has 28 heavy (non-hydrogen) atoms. The Labute approximate surface area is 162 Å². The molecule has 3 rings (SSSR count). The van der Waals surface area contributed by atoms with Crippen LogP contribution in [-0.4, -0.2) is 51.2 Å². The van der Waals surface area contributed by atoms with Gasteiger partial charge in [-0.25, -0.2) is 4.79 Å². The lowest BCUT2D eigenvalue weighted by atomic mass is 10.2. The Morgan fingerprint density at radius 2 is 1.75 bits per heavy atom. The van der Waals surface area contributed by atoms with Gasteiger partial charge in [-0.1, -0.05) is 12.1 Å². The van der Waals surface area contributed by atoms with Crippen LogP contribution in [0.4, 0.5) is 5.69 Å². The van der Waals surface area contributed by atoms with Crippen LogP contribution in [0, 0.1) is 0 Å². The Hall–Kier alpha value is -3.55. The molecule has 0 spiro atoms. The largest absolute Gasteiger partial charge is 0.485 e. The third kappa shape index (κ3) is 4.59. The molecule has 1 aliphatic heterocycles. The number of benzene rings is 2. The van der Waals surface area contributed by atoms with E-state index in [1.807, 2.05) is 19.0 Å². The van der Waals surface area contributed by atoms with Crippen LogP contribution in [-0.2, 0) is 14.3 Å². The monoisotopic (exact) mass is 384 g/mol. The molecule has 1 N–H and O–H groups in total. The summed E-state index contributed by atoms with van der Waals surface area (Å²) in [6, 6.07) is 13.7. The maximum Gasteiger partial charge on any atom is 0.338 e. The molecule has 0 radical (unpaired) electrons. The van der Waals surface area contributed by atoms with Gasteiger partial charge in [0.25, 0.3) is 11.8 Å². The number of nitrogens with zero attached hydrogens (tertiary/aromatic N) is 1. The molecule has 0 saturated heterocycles. The highest BCUT2D eigenvalue weighted by Gasteiger charge is 2.28. The molecule has 0 aromatic heterocycles. The molecule has 8 heteroatoms. The Balaban J connectivity index is 1.47. The predicted molar refractivity (Wildman–Crippen MR) is 101 cm³/mol. The minimum atomic E-state index is -0.965. The number of esters is 1. The van der Waals surface area contributed by atoms with Gasteiger partial charge in [0.2, 0.25) is 6.10 Å². The van der Waals surface area contributed by atoms with Gasteiger partial charge in [0.05, 0.1) is 5.56 Å². The van der Waals surface area contributed by atoms with Crippen molar-refractivity contribution in [1.29, 1.82) is 0 Å². The number of ether oxygens (including phenoxy) is 3. The van der Waals surface area contributed by atoms with Gasteiger partial charge in [0.1, 0.15) is 6.61 Å². The number of hydrogen-bond donors (Lipinski definition) is 1. The van der Waals surface area contributed by atoms with Gasteiger partial charge in [0, 0.05) is 19.8 Å². The van der Waals surface area contributed by atoms with E-state index in [9.17, 15) is 14.4 Å². The van der Waals surface area contributed by atoms with E-state index in [2.05, 4.69) is 5.32 Å². The molecule has 2 aromatic rings. The summed E-state index contributed by atoms with van der Waals surface area (Å²) in [7, 11) is 3.77. The first-order valence-electron chi connectivity index (χ1n) is 8.61. The third-order valence-electron chi connectivity index (χ3n) is 4.02. The van der Waals surface area contributed by atoms with E-state index < -0.39 is 30.5 Å². The van der Waals surface area contributed by atoms with Gasteiger partial charge in [-0.15, -0.1) is 0 Å². The first kappa shape index (κ1) is 19.2. The van der Waals surface area contributed by atoms with E-state index in [-0.39, 0.29) is 6.61 Å². The normalized spacial score (nSPS) is 14.7. The lowest BCUT2D eigenvalue weighted by Crippen LogP contribution is -2.47. The van der Waals surface area contributed by atoms with Crippen LogP contribution in [0.2, 0.25) is 0 Å². The summed E-state index contributed by atoms with van der Waals surface area (Å²) in [5, 5.41) is 2.14. The number of nitrogens with one attached hydrogen (secondary N) is 1. The van der Waals surface area contributed by atoms with Gasteiger partial charge in [0.15, 0.2) is 18.1 Å². The van der Waals surface area contributed by atoms with E-state index in [1.165, 1.54) is 0 Å². The van der Waals surface area contributed by atoms with Crippen LogP contribution < -0.4 is 19.7 Å². The highest BCUT2D eigenvalue weighted by molar-refractivity contribution is 5.99. The zero-order chi connectivity index (χ0) is 20.1. The topological polar surface area (TPSA) is 94.2 Å². The number of hydrogen-bond acceptors (Lipinski definition) is 7. The molecular weight excluding hydrogens is 364 g/mol. The fourth-order valence-electron chi connectivity index (χ4n) is 2.51. The van der Waals surface area contributed by atoms with Crippen molar-refractivity contribution in [3.05, 3.63) is 54.1 Å². The summed E-state index contributed by atoms with van der Waals surface area (Å²) in [5.41, 5.74) is 1.24. The van der Waals surface area contributed by atoms with E-state index in [1.54, 1.807) is 48.5 Å². The fraction of sp³-hybridized carbons (Fsp3) is 0.250. The Kier molecular flexibility index (Phi) is 5.78. The molecule has 1 atom stereocenters. The van der Waals surface area contributed by atoms with Crippen molar-refractivity contribution in [3.63, 3.8) is 0 Å². The number of amides is 2. The van der Waals surface area contributed by atoms with Crippen LogP contribution >= 0.6 is 0 Å². The summed E-state index contributed by atoms with van der Waals surface area (Å²) < 4.78 is 15.9. The average molecular weight is 384 g/mol. The van der Waals surface area contributed by atoms with Crippen LogP contribution in [0.3, 0.4) is 0 Å². The predicted octanol–water partition coefficient (Wildman–Crippen LogP) is 1.39. The Morgan fingerprint density at radius 3 is 2.43 bits per heavy atom. The van der Waals surface area contributed by atoms with Crippen LogP contribution in [0.15, 0.2) is 48.5 Å². The third-order valence-corrected chi connectivity index (χ3v) is 4.02. The average Bonchev–Trinajstić information content (AvgIpc) is 2.71. The van der Waals surface area contributed by atoms with Crippen LogP contribution in [0.25, 0.3) is 0 Å². The second-order valence-corrected chi connectivity index (χ2v) is 6.29. The van der Waals surface area contributed by atoms with E-state index in [4.69, 9.17) is 14.2 Å². The molecule has 146 valence electrons. The molecule has 8 nitrogen and oxygen atoms in total. The summed E-state index contributed by atoms with van der Waals surface area (Å²) >= 11 is 0. The first-order valence-corrected chi connectivity index (χ1v) is 8.61. The molecule has 1 aliphatic rings. The zero-order valence-corrected chi connectivity index (χ0v) is 15.5. The number of fused-ring (bicyclic) bond motifs is 1. The maximum absolute atomic E-state index is 12.2. The van der Waals surface area contributed by atoms with Crippen molar-refractivity contribution < 1.29 is 28.6 Å². The standard InChI is InChI=1S/C20H20N2O6/c1-22(2)14-9-7-13(8-10-14)20(25)27-12-18(23)21-19(24)17-11-26-15-5-3-4-6-16(15)28-17/h3-10,17H,11-12H2,1-2H3,(H,21,23,24)/t17-/m1/s1. The van der Waals surface area contributed by atoms with Gasteiger partial charge in [-0.05, 0) is 36.4 Å². The minimum absolute atomic E-state index is 0.0197. The highest BCUT2D eigenvalue weighted by Crippen LogP contribution is 2.30. The number of rotatable bonds is 5. The van der Waals surface area contributed by atoms with E-state index >= 15 is 0 Å². The van der Waals surface area contributed by atoms with Crippen molar-refractivity contribution in [2.75, 3.05) is 32.2 Å². The summed E-state index contributed by atoms with van der Waals surface area (Å²) in [5.74, 6) is -1.10. The molecule has 2 amide bonds. The molecule has 0 unspecified atom stereocenters. The quantitative estimate of drug-likeness (QED) is 0.779. The highest BCUT2D eigenvalue weighted by atomic mass is 16.6. The van der Waals surface area contributed by atoms with E-state index in [0.29, 0.717) is 17.1 Å². The molecule has 0 fully saturated rings. The summed E-state index contributed by atoms with van der Waals surface area (Å²) in [6.45, 7) is -0.599. The molecule has 0 saturated carbocycles. The Bertz CT molecular complexity index is 879. The second-order valence-electron chi connectivity index (χ2n) is 6.29.